The molecule has 4 nitrogen and oxygen atoms in total. The Kier molecular flexibility index (Phi) is 3.67. The predicted octanol–water partition coefficient (Wildman–Crippen LogP) is 3.77. The highest BCUT2D eigenvalue weighted by atomic mass is 35.5. The zero-order valence-electron chi connectivity index (χ0n) is 11.0. The second kappa shape index (κ2) is 5.78. The van der Waals surface area contributed by atoms with Crippen molar-refractivity contribution in [1.29, 1.82) is 5.26 Å². The van der Waals surface area contributed by atoms with Crippen molar-refractivity contribution in [2.75, 3.05) is 5.32 Å². The SMILES string of the molecule is N#Cc1cnc2ccccc2c1NCc1ccc(Cl)nc1. The van der Waals surface area contributed by atoms with E-state index in [1.165, 1.54) is 0 Å². The van der Waals surface area contributed by atoms with Crippen LogP contribution < -0.4 is 5.32 Å². The summed E-state index contributed by atoms with van der Waals surface area (Å²) in [5, 5.41) is 13.9. The molecule has 2 aromatic heterocycles. The van der Waals surface area contributed by atoms with E-state index in [4.69, 9.17) is 11.6 Å². The Labute approximate surface area is 127 Å². The van der Waals surface area contributed by atoms with Gasteiger partial charge in [0.2, 0.25) is 0 Å². The second-order valence-electron chi connectivity index (χ2n) is 4.52. The van der Waals surface area contributed by atoms with Gasteiger partial charge in [0.25, 0.3) is 0 Å². The molecule has 1 aromatic carbocycles. The average Bonchev–Trinajstić information content (AvgIpc) is 2.54. The summed E-state index contributed by atoms with van der Waals surface area (Å²) in [6.07, 6.45) is 3.30. The van der Waals surface area contributed by atoms with Crippen LogP contribution in [0.2, 0.25) is 5.15 Å². The summed E-state index contributed by atoms with van der Waals surface area (Å²) in [6, 6.07) is 13.5. The van der Waals surface area contributed by atoms with E-state index in [1.54, 1.807) is 18.5 Å². The van der Waals surface area contributed by atoms with Crippen molar-refractivity contribution in [3.8, 4) is 6.07 Å². The number of anilines is 1. The van der Waals surface area contributed by atoms with E-state index in [2.05, 4.69) is 21.4 Å². The highest BCUT2D eigenvalue weighted by Crippen LogP contribution is 2.25. The van der Waals surface area contributed by atoms with E-state index in [-0.39, 0.29) is 0 Å². The normalized spacial score (nSPS) is 10.3. The summed E-state index contributed by atoms with van der Waals surface area (Å²) in [5.41, 5.74) is 3.16. The van der Waals surface area contributed by atoms with Gasteiger partial charge < -0.3 is 5.32 Å². The number of nitrogens with one attached hydrogen (secondary N) is 1. The van der Waals surface area contributed by atoms with E-state index in [1.807, 2.05) is 30.3 Å². The van der Waals surface area contributed by atoms with Crippen molar-refractivity contribution in [1.82, 2.24) is 9.97 Å². The maximum atomic E-state index is 9.25. The molecule has 0 aliphatic rings. The predicted molar refractivity (Wildman–Crippen MR) is 83.0 cm³/mol. The van der Waals surface area contributed by atoms with Gasteiger partial charge in [-0.15, -0.1) is 0 Å². The molecule has 3 aromatic rings. The Bertz CT molecular complexity index is 822. The number of aromatic nitrogens is 2. The fourth-order valence-corrected chi connectivity index (χ4v) is 2.23. The monoisotopic (exact) mass is 294 g/mol. The van der Waals surface area contributed by atoms with Crippen LogP contribution in [0.3, 0.4) is 0 Å². The first-order valence-corrected chi connectivity index (χ1v) is 6.78. The van der Waals surface area contributed by atoms with Gasteiger partial charge in [-0.25, -0.2) is 4.98 Å². The maximum Gasteiger partial charge on any atom is 0.129 e. The molecule has 0 aliphatic heterocycles. The van der Waals surface area contributed by atoms with Crippen LogP contribution in [0.5, 0.6) is 0 Å². The molecule has 0 unspecified atom stereocenters. The summed E-state index contributed by atoms with van der Waals surface area (Å²) < 4.78 is 0. The highest BCUT2D eigenvalue weighted by Gasteiger charge is 2.08. The van der Waals surface area contributed by atoms with Crippen LogP contribution in [0.15, 0.2) is 48.8 Å². The van der Waals surface area contributed by atoms with Crippen LogP contribution in [0.25, 0.3) is 10.9 Å². The van der Waals surface area contributed by atoms with Gasteiger partial charge in [0.15, 0.2) is 0 Å². The molecule has 1 N–H and O–H groups in total. The molecule has 21 heavy (non-hydrogen) atoms. The number of para-hydroxylation sites is 1. The van der Waals surface area contributed by atoms with Gasteiger partial charge >= 0.3 is 0 Å². The number of hydrogen-bond acceptors (Lipinski definition) is 4. The van der Waals surface area contributed by atoms with Crippen LogP contribution in [-0.4, -0.2) is 9.97 Å². The molecule has 0 saturated heterocycles. The zero-order valence-corrected chi connectivity index (χ0v) is 11.8. The van der Waals surface area contributed by atoms with Crippen LogP contribution in [-0.2, 0) is 6.54 Å². The lowest BCUT2D eigenvalue weighted by Gasteiger charge is -2.11. The Balaban J connectivity index is 1.95. The number of nitriles is 1. The molecule has 0 fully saturated rings. The molecule has 0 radical (unpaired) electrons. The van der Waals surface area contributed by atoms with Crippen molar-refractivity contribution in [2.24, 2.45) is 0 Å². The summed E-state index contributed by atoms with van der Waals surface area (Å²) >= 11 is 5.77. The molecular weight excluding hydrogens is 284 g/mol. The third kappa shape index (κ3) is 2.78. The lowest BCUT2D eigenvalue weighted by molar-refractivity contribution is 1.11. The molecule has 2 heterocycles. The van der Waals surface area contributed by atoms with Crippen molar-refractivity contribution >= 4 is 28.2 Å². The number of halogens is 1. The molecule has 0 saturated carbocycles. The first kappa shape index (κ1) is 13.3. The van der Waals surface area contributed by atoms with Crippen molar-refractivity contribution < 1.29 is 0 Å². The molecule has 0 amide bonds. The van der Waals surface area contributed by atoms with Crippen LogP contribution >= 0.6 is 11.6 Å². The lowest BCUT2D eigenvalue weighted by atomic mass is 10.1. The average molecular weight is 295 g/mol. The zero-order chi connectivity index (χ0) is 14.7. The quantitative estimate of drug-likeness (QED) is 0.747. The van der Waals surface area contributed by atoms with Crippen LogP contribution in [0, 0.1) is 11.3 Å². The molecule has 3 rings (SSSR count). The summed E-state index contributed by atoms with van der Waals surface area (Å²) in [6.45, 7) is 0.562. The number of rotatable bonds is 3. The lowest BCUT2D eigenvalue weighted by Crippen LogP contribution is -2.03. The number of fused-ring (bicyclic) bond motifs is 1. The van der Waals surface area contributed by atoms with Crippen molar-refractivity contribution in [2.45, 2.75) is 6.54 Å². The molecule has 102 valence electrons. The molecule has 0 spiro atoms. The Morgan fingerprint density at radius 2 is 1.95 bits per heavy atom. The maximum absolute atomic E-state index is 9.25. The van der Waals surface area contributed by atoms with Gasteiger partial charge in [0, 0.05) is 24.3 Å². The summed E-state index contributed by atoms with van der Waals surface area (Å²) in [4.78, 5) is 8.33. The minimum absolute atomic E-state index is 0.464. The van der Waals surface area contributed by atoms with Crippen LogP contribution in [0.4, 0.5) is 5.69 Å². The van der Waals surface area contributed by atoms with E-state index in [0.717, 1.165) is 22.2 Å². The largest absolute Gasteiger partial charge is 0.379 e. The van der Waals surface area contributed by atoms with Gasteiger partial charge in [-0.1, -0.05) is 35.9 Å². The first-order valence-electron chi connectivity index (χ1n) is 6.40. The van der Waals surface area contributed by atoms with Crippen molar-refractivity contribution in [3.63, 3.8) is 0 Å². The second-order valence-corrected chi connectivity index (χ2v) is 4.91. The van der Waals surface area contributed by atoms with Gasteiger partial charge in [-0.2, -0.15) is 5.26 Å². The Morgan fingerprint density at radius 3 is 2.71 bits per heavy atom. The van der Waals surface area contributed by atoms with Crippen LogP contribution in [0.1, 0.15) is 11.1 Å². The third-order valence-corrected chi connectivity index (χ3v) is 3.38. The van der Waals surface area contributed by atoms with Gasteiger partial charge in [0.1, 0.15) is 11.2 Å². The smallest absolute Gasteiger partial charge is 0.129 e. The summed E-state index contributed by atoms with van der Waals surface area (Å²) in [7, 11) is 0. The van der Waals surface area contributed by atoms with E-state index >= 15 is 0 Å². The standard InChI is InChI=1S/C16H11ClN4/c17-15-6-5-11(8-20-15)9-21-16-12(7-18)10-19-14-4-2-1-3-13(14)16/h1-6,8,10H,9H2,(H,19,21). The number of hydrogen-bond donors (Lipinski definition) is 1. The van der Waals surface area contributed by atoms with E-state index in [9.17, 15) is 5.26 Å². The van der Waals surface area contributed by atoms with E-state index < -0.39 is 0 Å². The number of nitrogens with zero attached hydrogens (tertiary/aromatic N) is 3. The summed E-state index contributed by atoms with van der Waals surface area (Å²) in [5.74, 6) is 0. The molecular formula is C16H11ClN4. The molecule has 0 bridgehead atoms. The number of pyridine rings is 2. The van der Waals surface area contributed by atoms with Gasteiger partial charge in [-0.05, 0) is 17.7 Å². The fraction of sp³-hybridized carbons (Fsp3) is 0.0625. The minimum atomic E-state index is 0.464. The third-order valence-electron chi connectivity index (χ3n) is 3.15. The Hall–Kier alpha value is -2.64. The topological polar surface area (TPSA) is 61.6 Å². The van der Waals surface area contributed by atoms with Gasteiger partial charge in [0.05, 0.1) is 16.8 Å². The highest BCUT2D eigenvalue weighted by molar-refractivity contribution is 6.29. The fourth-order valence-electron chi connectivity index (χ4n) is 2.12. The molecule has 0 aliphatic carbocycles. The Morgan fingerprint density at radius 1 is 1.10 bits per heavy atom. The molecule has 0 atom stereocenters. The first-order chi connectivity index (χ1) is 10.3. The van der Waals surface area contributed by atoms with E-state index in [0.29, 0.717) is 17.3 Å². The molecule has 5 heteroatoms. The minimum Gasteiger partial charge on any atom is -0.379 e. The van der Waals surface area contributed by atoms with Gasteiger partial charge in [-0.3, -0.25) is 4.98 Å². The van der Waals surface area contributed by atoms with Crippen molar-refractivity contribution in [3.05, 3.63) is 65.1 Å². The number of benzene rings is 1.